The minimum absolute atomic E-state index is 0.0307. The fourth-order valence-corrected chi connectivity index (χ4v) is 1.15. The summed E-state index contributed by atoms with van der Waals surface area (Å²) < 4.78 is 20.6. The van der Waals surface area contributed by atoms with Crippen LogP contribution in [0.2, 0.25) is 0 Å². The summed E-state index contributed by atoms with van der Waals surface area (Å²) in [4.78, 5) is 0. The van der Waals surface area contributed by atoms with Crippen LogP contribution in [0.25, 0.3) is 0 Å². The topological polar surface area (TPSA) is 20.2 Å². The molecule has 1 nitrogen and oxygen atoms in total. The molecule has 1 N–H and O–H groups in total. The molecule has 0 radical (unpaired) electrons. The maximum Gasteiger partial charge on any atom is 0.143 e. The van der Waals surface area contributed by atoms with Gasteiger partial charge in [0.25, 0.3) is 0 Å². The molecule has 1 aromatic rings. The molecule has 60 valence electrons. The minimum Gasteiger partial charge on any atom is -0.389 e. The van der Waals surface area contributed by atoms with Crippen LogP contribution in [0.4, 0.5) is 4.39 Å². The van der Waals surface area contributed by atoms with E-state index in [1.807, 2.05) is 0 Å². The second-order valence-electron chi connectivity index (χ2n) is 2.19. The highest BCUT2D eigenvalue weighted by atomic mass is 79.9. The summed E-state index contributed by atoms with van der Waals surface area (Å²) in [6.07, 6.45) is -1.88. The monoisotopic (exact) mass is 219 g/mol. The van der Waals surface area contributed by atoms with Crippen LogP contribution in [0.5, 0.6) is 0 Å². The van der Waals surface area contributed by atoms with E-state index in [0.29, 0.717) is 0 Å². The molecular weight excluding hydrogens is 211 g/mol. The van der Waals surface area contributed by atoms with E-state index in [0.717, 1.165) is 0 Å². The average molecular weight is 220 g/mol. The lowest BCUT2D eigenvalue weighted by Crippen LogP contribution is -1.95. The van der Waals surface area contributed by atoms with Gasteiger partial charge in [-0.1, -0.05) is 12.1 Å². The third kappa shape index (κ3) is 1.79. The lowest BCUT2D eigenvalue weighted by atomic mass is 10.1. The Bertz CT molecular complexity index is 296. The van der Waals surface area contributed by atoms with Crippen LogP contribution < -0.4 is 0 Å². The number of hydrogen-bond acceptors (Lipinski definition) is 1. The van der Waals surface area contributed by atoms with Gasteiger partial charge in [0.2, 0.25) is 0 Å². The number of rotatable bonds is 1. The lowest BCUT2D eigenvalue weighted by molar-refractivity contribution is 0.194. The first-order chi connectivity index (χ1) is 5.43. The molecule has 11 heavy (non-hydrogen) atoms. The van der Waals surface area contributed by atoms with Gasteiger partial charge in [0, 0.05) is 5.56 Å². The van der Waals surface area contributed by atoms with Crippen molar-refractivity contribution in [1.29, 1.82) is 0 Å². The summed E-state index contributed by atoms with van der Waals surface area (Å²) in [7, 11) is 0. The number of hydrogen-bond donors (Lipinski definition) is 1. The van der Waals surface area contributed by atoms with E-state index in [9.17, 15) is 9.50 Å². The molecule has 3 heteroatoms. The molecule has 0 aliphatic heterocycles. The standard InChI is InChI=1S/C8H8BrFO/c1-5(11)6-3-2-4-7(9)8(6)10/h2-5,11H,1H3/i5D. The fourth-order valence-electron chi connectivity index (χ4n) is 0.783. The largest absolute Gasteiger partial charge is 0.389 e. The van der Waals surface area contributed by atoms with Crippen LogP contribution in [0, 0.1) is 5.82 Å². The van der Waals surface area contributed by atoms with E-state index in [1.54, 1.807) is 6.07 Å². The summed E-state index contributed by atoms with van der Waals surface area (Å²) in [5.41, 5.74) is -0.0307. The Balaban J connectivity index is 3.26. The molecule has 1 unspecified atom stereocenters. The highest BCUT2D eigenvalue weighted by Crippen LogP contribution is 2.22. The van der Waals surface area contributed by atoms with E-state index >= 15 is 0 Å². The Kier molecular flexibility index (Phi) is 2.19. The molecule has 0 bridgehead atoms. The average Bonchev–Trinajstić information content (AvgIpc) is 1.92. The molecule has 0 aromatic heterocycles. The normalized spacial score (nSPS) is 17.3. The maximum atomic E-state index is 13.2. The highest BCUT2D eigenvalue weighted by molar-refractivity contribution is 9.10. The van der Waals surface area contributed by atoms with E-state index in [1.165, 1.54) is 19.1 Å². The van der Waals surface area contributed by atoms with Gasteiger partial charge in [-0.2, -0.15) is 0 Å². The Morgan fingerprint density at radius 3 is 2.82 bits per heavy atom. The number of halogens is 2. The van der Waals surface area contributed by atoms with E-state index in [4.69, 9.17) is 1.37 Å². The Morgan fingerprint density at radius 2 is 2.36 bits per heavy atom. The van der Waals surface area contributed by atoms with Gasteiger partial charge >= 0.3 is 0 Å². The smallest absolute Gasteiger partial charge is 0.143 e. The summed E-state index contributed by atoms with van der Waals surface area (Å²) in [6.45, 7) is 1.22. The first-order valence-corrected chi connectivity index (χ1v) is 3.89. The molecule has 0 aliphatic rings. The summed E-state index contributed by atoms with van der Waals surface area (Å²) in [6, 6.07) is 4.48. The van der Waals surface area contributed by atoms with Crippen molar-refractivity contribution in [2.45, 2.75) is 13.0 Å². The quantitative estimate of drug-likeness (QED) is 0.771. The van der Waals surface area contributed by atoms with Crippen LogP contribution in [-0.2, 0) is 0 Å². The molecule has 0 saturated heterocycles. The lowest BCUT2D eigenvalue weighted by Gasteiger charge is -2.06. The number of aliphatic hydroxyl groups is 1. The van der Waals surface area contributed by atoms with Crippen molar-refractivity contribution < 1.29 is 10.9 Å². The van der Waals surface area contributed by atoms with Crippen molar-refractivity contribution in [2.75, 3.05) is 0 Å². The second-order valence-corrected chi connectivity index (χ2v) is 3.04. The summed E-state index contributed by atoms with van der Waals surface area (Å²) >= 11 is 2.97. The van der Waals surface area contributed by atoms with Crippen LogP contribution >= 0.6 is 15.9 Å². The molecule has 0 amide bonds. The Hall–Kier alpha value is -0.410. The van der Waals surface area contributed by atoms with Gasteiger partial charge in [0.15, 0.2) is 0 Å². The van der Waals surface area contributed by atoms with Crippen LogP contribution in [-0.4, -0.2) is 5.11 Å². The molecule has 0 aliphatic carbocycles. The Morgan fingerprint density at radius 1 is 1.73 bits per heavy atom. The zero-order valence-electron chi connectivity index (χ0n) is 6.94. The van der Waals surface area contributed by atoms with Crippen LogP contribution in [0.15, 0.2) is 22.7 Å². The second kappa shape index (κ2) is 3.32. The van der Waals surface area contributed by atoms with Gasteiger partial charge in [-0.05, 0) is 28.9 Å². The SMILES string of the molecule is [2H]C(C)(O)c1cccc(Br)c1F. The minimum atomic E-state index is -1.88. The molecule has 0 spiro atoms. The van der Waals surface area contributed by atoms with Gasteiger partial charge in [0.05, 0.1) is 11.9 Å². The van der Waals surface area contributed by atoms with E-state index in [2.05, 4.69) is 15.9 Å². The third-order valence-corrected chi connectivity index (χ3v) is 1.95. The van der Waals surface area contributed by atoms with Crippen molar-refractivity contribution in [3.8, 4) is 0 Å². The zero-order chi connectivity index (χ0) is 9.35. The first-order valence-electron chi connectivity index (χ1n) is 3.60. The maximum absolute atomic E-state index is 13.2. The van der Waals surface area contributed by atoms with Crippen molar-refractivity contribution in [2.24, 2.45) is 0 Å². The zero-order valence-corrected chi connectivity index (χ0v) is 7.52. The van der Waals surface area contributed by atoms with E-state index in [-0.39, 0.29) is 10.0 Å². The molecule has 1 aromatic carbocycles. The summed E-state index contributed by atoms with van der Waals surface area (Å²) in [5.74, 6) is -0.586. The van der Waals surface area contributed by atoms with Crippen molar-refractivity contribution in [1.82, 2.24) is 0 Å². The molecular formula is C8H8BrFO. The van der Waals surface area contributed by atoms with E-state index < -0.39 is 11.9 Å². The fraction of sp³-hybridized carbons (Fsp3) is 0.250. The molecule has 0 heterocycles. The van der Waals surface area contributed by atoms with Crippen LogP contribution in [0.3, 0.4) is 0 Å². The van der Waals surface area contributed by atoms with Gasteiger partial charge in [-0.15, -0.1) is 0 Å². The molecule has 0 saturated carbocycles. The highest BCUT2D eigenvalue weighted by Gasteiger charge is 2.09. The van der Waals surface area contributed by atoms with Crippen molar-refractivity contribution in [3.05, 3.63) is 34.1 Å². The van der Waals surface area contributed by atoms with Gasteiger partial charge in [-0.3, -0.25) is 0 Å². The van der Waals surface area contributed by atoms with Gasteiger partial charge < -0.3 is 5.11 Å². The van der Waals surface area contributed by atoms with Crippen molar-refractivity contribution >= 4 is 15.9 Å². The van der Waals surface area contributed by atoms with Gasteiger partial charge in [0.1, 0.15) is 5.82 Å². The molecule has 0 fully saturated rings. The van der Waals surface area contributed by atoms with Crippen molar-refractivity contribution in [3.63, 3.8) is 0 Å². The first kappa shape index (κ1) is 7.25. The molecule has 1 rings (SSSR count). The third-order valence-electron chi connectivity index (χ3n) is 1.34. The Labute approximate surface area is 74.4 Å². The number of benzene rings is 1. The van der Waals surface area contributed by atoms with Crippen LogP contribution in [0.1, 0.15) is 19.9 Å². The predicted molar refractivity (Wildman–Crippen MR) is 44.7 cm³/mol. The summed E-state index contributed by atoms with van der Waals surface area (Å²) in [5, 5.41) is 9.20. The predicted octanol–water partition coefficient (Wildman–Crippen LogP) is 2.64. The van der Waals surface area contributed by atoms with Gasteiger partial charge in [-0.25, -0.2) is 4.39 Å². The molecule has 1 atom stereocenters.